The number of ether oxygens (including phenoxy) is 1. The molecule has 0 spiro atoms. The molecule has 0 aliphatic heterocycles. The van der Waals surface area contributed by atoms with E-state index in [1.807, 2.05) is 18.3 Å². The maximum Gasteiger partial charge on any atom is 0.193 e. The summed E-state index contributed by atoms with van der Waals surface area (Å²) in [5, 5.41) is 10.4. The maximum atomic E-state index is 5.21. The number of benzene rings is 1. The zero-order chi connectivity index (χ0) is 18.1. The van der Waals surface area contributed by atoms with Gasteiger partial charge in [0.15, 0.2) is 5.96 Å². The van der Waals surface area contributed by atoms with Crippen molar-refractivity contribution in [1.29, 1.82) is 0 Å². The zero-order valence-electron chi connectivity index (χ0n) is 15.7. The van der Waals surface area contributed by atoms with E-state index < -0.39 is 0 Å². The molecule has 1 aromatic heterocycles. The van der Waals surface area contributed by atoms with Crippen molar-refractivity contribution in [2.45, 2.75) is 33.2 Å². The Kier molecular flexibility index (Phi) is 7.32. The van der Waals surface area contributed by atoms with Crippen LogP contribution in [0.5, 0.6) is 5.75 Å². The molecular weight excluding hydrogens is 314 g/mol. The quantitative estimate of drug-likeness (QED) is 0.439. The molecule has 0 fully saturated rings. The van der Waals surface area contributed by atoms with Crippen LogP contribution in [0.2, 0.25) is 0 Å². The largest absolute Gasteiger partial charge is 0.497 e. The van der Waals surface area contributed by atoms with Crippen molar-refractivity contribution in [1.82, 2.24) is 20.4 Å². The summed E-state index contributed by atoms with van der Waals surface area (Å²) >= 11 is 0. The van der Waals surface area contributed by atoms with E-state index in [0.717, 1.165) is 49.9 Å². The van der Waals surface area contributed by atoms with Crippen molar-refractivity contribution < 1.29 is 4.74 Å². The lowest BCUT2D eigenvalue weighted by molar-refractivity contribution is 0.414. The second kappa shape index (κ2) is 9.71. The van der Waals surface area contributed by atoms with Gasteiger partial charge < -0.3 is 15.0 Å². The second-order valence-corrected chi connectivity index (χ2v) is 6.06. The molecule has 0 radical (unpaired) electrons. The first-order valence-corrected chi connectivity index (χ1v) is 8.75. The smallest absolute Gasteiger partial charge is 0.193 e. The van der Waals surface area contributed by atoms with E-state index in [1.165, 1.54) is 11.1 Å². The minimum absolute atomic E-state index is 0.792. The number of hydrogen-bond acceptors (Lipinski definition) is 3. The fourth-order valence-electron chi connectivity index (χ4n) is 2.63. The van der Waals surface area contributed by atoms with Gasteiger partial charge in [0, 0.05) is 32.4 Å². The van der Waals surface area contributed by atoms with Gasteiger partial charge in [-0.25, -0.2) is 0 Å². The highest BCUT2D eigenvalue weighted by Crippen LogP contribution is 2.12. The molecule has 1 heterocycles. The predicted molar refractivity (Wildman–Crippen MR) is 102 cm³/mol. The van der Waals surface area contributed by atoms with Gasteiger partial charge in [-0.15, -0.1) is 0 Å². The molecule has 0 aliphatic rings. The number of guanidine groups is 1. The highest BCUT2D eigenvalue weighted by atomic mass is 16.5. The molecule has 0 atom stereocenters. The molecule has 2 N–H and O–H groups in total. The van der Waals surface area contributed by atoms with Gasteiger partial charge in [-0.05, 0) is 49.9 Å². The van der Waals surface area contributed by atoms with Crippen LogP contribution in [0.25, 0.3) is 0 Å². The number of aromatic nitrogens is 2. The van der Waals surface area contributed by atoms with Crippen molar-refractivity contribution in [3.05, 3.63) is 47.3 Å². The first kappa shape index (κ1) is 18.8. The Morgan fingerprint density at radius 3 is 2.68 bits per heavy atom. The molecule has 136 valence electrons. The number of aryl methyl sites for hydroxylation is 2. The third kappa shape index (κ3) is 5.81. The average Bonchev–Trinajstić information content (AvgIpc) is 3.03. The number of methoxy groups -OCH3 is 1. The molecule has 6 nitrogen and oxygen atoms in total. The van der Waals surface area contributed by atoms with Crippen LogP contribution < -0.4 is 10.1 Å². The standard InChI is InChI=1S/C19H29N5O/c1-5-20-19(21-12-6-7-17-13-22-23-15(17)2)24(3)14-16-8-10-18(25-4)11-9-16/h8-11,13H,5-7,12,14H2,1-4H3,(H,20,21)(H,22,23). The van der Waals surface area contributed by atoms with Gasteiger partial charge in [-0.3, -0.25) is 10.1 Å². The molecule has 0 amide bonds. The molecule has 0 saturated carbocycles. The van der Waals surface area contributed by atoms with Crippen LogP contribution >= 0.6 is 0 Å². The summed E-state index contributed by atoms with van der Waals surface area (Å²) in [6.45, 7) is 6.59. The topological polar surface area (TPSA) is 65.5 Å². The van der Waals surface area contributed by atoms with Crippen LogP contribution in [0.1, 0.15) is 30.2 Å². The SMILES string of the molecule is CCNC(=NCCCc1cn[nH]c1C)N(C)Cc1ccc(OC)cc1. The second-order valence-electron chi connectivity index (χ2n) is 6.06. The summed E-state index contributed by atoms with van der Waals surface area (Å²) in [5.41, 5.74) is 3.64. The average molecular weight is 343 g/mol. The summed E-state index contributed by atoms with van der Waals surface area (Å²) in [6, 6.07) is 8.14. The zero-order valence-corrected chi connectivity index (χ0v) is 15.7. The van der Waals surface area contributed by atoms with Gasteiger partial charge in [0.05, 0.1) is 13.3 Å². The molecule has 2 aromatic rings. The first-order chi connectivity index (χ1) is 12.1. The number of nitrogens with zero attached hydrogens (tertiary/aromatic N) is 3. The third-order valence-corrected chi connectivity index (χ3v) is 4.08. The highest BCUT2D eigenvalue weighted by Gasteiger charge is 2.07. The normalized spacial score (nSPS) is 11.4. The first-order valence-electron chi connectivity index (χ1n) is 8.75. The van der Waals surface area contributed by atoms with Crippen molar-refractivity contribution in [2.24, 2.45) is 4.99 Å². The van der Waals surface area contributed by atoms with Crippen molar-refractivity contribution in [2.75, 3.05) is 27.2 Å². The van der Waals surface area contributed by atoms with Gasteiger partial charge in [-0.1, -0.05) is 12.1 Å². The van der Waals surface area contributed by atoms with Gasteiger partial charge >= 0.3 is 0 Å². The van der Waals surface area contributed by atoms with Crippen molar-refractivity contribution >= 4 is 5.96 Å². The van der Waals surface area contributed by atoms with E-state index in [0.29, 0.717) is 0 Å². The van der Waals surface area contributed by atoms with Crippen LogP contribution in [-0.4, -0.2) is 48.3 Å². The van der Waals surface area contributed by atoms with Crippen molar-refractivity contribution in [3.63, 3.8) is 0 Å². The Bertz CT molecular complexity index is 663. The van der Waals surface area contributed by atoms with Crippen LogP contribution in [0, 0.1) is 6.92 Å². The number of rotatable bonds is 8. The summed E-state index contributed by atoms with van der Waals surface area (Å²) in [5.74, 6) is 1.81. The Morgan fingerprint density at radius 1 is 1.32 bits per heavy atom. The molecule has 1 aromatic carbocycles. The summed E-state index contributed by atoms with van der Waals surface area (Å²) in [6.07, 6.45) is 3.90. The van der Waals surface area contributed by atoms with Crippen molar-refractivity contribution in [3.8, 4) is 5.75 Å². The Balaban J connectivity index is 1.89. The number of nitrogens with one attached hydrogen (secondary N) is 2. The third-order valence-electron chi connectivity index (χ3n) is 4.08. The van der Waals surface area contributed by atoms with Crippen LogP contribution in [0.15, 0.2) is 35.5 Å². The van der Waals surface area contributed by atoms with Gasteiger partial charge in [0.2, 0.25) is 0 Å². The molecule has 0 saturated heterocycles. The van der Waals surface area contributed by atoms with E-state index in [1.54, 1.807) is 7.11 Å². The fraction of sp³-hybridized carbons (Fsp3) is 0.474. The molecular formula is C19H29N5O. The molecule has 0 unspecified atom stereocenters. The van der Waals surface area contributed by atoms with Gasteiger partial charge in [0.1, 0.15) is 5.75 Å². The fourth-order valence-corrected chi connectivity index (χ4v) is 2.63. The minimum atomic E-state index is 0.792. The summed E-state index contributed by atoms with van der Waals surface area (Å²) < 4.78 is 5.21. The minimum Gasteiger partial charge on any atom is -0.497 e. The Hall–Kier alpha value is -2.50. The monoisotopic (exact) mass is 343 g/mol. The van der Waals surface area contributed by atoms with Crippen LogP contribution in [0.3, 0.4) is 0 Å². The number of aromatic amines is 1. The molecule has 0 aliphatic carbocycles. The Morgan fingerprint density at radius 2 is 2.08 bits per heavy atom. The lowest BCUT2D eigenvalue weighted by atomic mass is 10.1. The predicted octanol–water partition coefficient (Wildman–Crippen LogP) is 2.76. The van der Waals surface area contributed by atoms with E-state index in [2.05, 4.69) is 53.4 Å². The van der Waals surface area contributed by atoms with E-state index in [9.17, 15) is 0 Å². The van der Waals surface area contributed by atoms with E-state index >= 15 is 0 Å². The lowest BCUT2D eigenvalue weighted by Crippen LogP contribution is -2.38. The molecule has 0 bridgehead atoms. The van der Waals surface area contributed by atoms with Crippen LogP contribution in [-0.2, 0) is 13.0 Å². The van der Waals surface area contributed by atoms with Gasteiger partial charge in [-0.2, -0.15) is 5.10 Å². The lowest BCUT2D eigenvalue weighted by Gasteiger charge is -2.22. The van der Waals surface area contributed by atoms with Crippen LogP contribution in [0.4, 0.5) is 0 Å². The number of H-pyrrole nitrogens is 1. The molecule has 25 heavy (non-hydrogen) atoms. The maximum absolute atomic E-state index is 5.21. The van der Waals surface area contributed by atoms with Gasteiger partial charge in [0.25, 0.3) is 0 Å². The summed E-state index contributed by atoms with van der Waals surface area (Å²) in [4.78, 5) is 6.90. The Labute approximate surface area is 150 Å². The van der Waals surface area contributed by atoms with E-state index in [-0.39, 0.29) is 0 Å². The molecule has 2 rings (SSSR count). The highest BCUT2D eigenvalue weighted by molar-refractivity contribution is 5.79. The van der Waals surface area contributed by atoms with E-state index in [4.69, 9.17) is 9.73 Å². The molecule has 6 heteroatoms. The number of hydrogen-bond donors (Lipinski definition) is 2. The number of aliphatic imine (C=N–C) groups is 1. The summed E-state index contributed by atoms with van der Waals surface area (Å²) in [7, 11) is 3.74.